The van der Waals surface area contributed by atoms with E-state index in [2.05, 4.69) is 15.4 Å². The normalized spacial score (nSPS) is 21.7. The second-order valence-corrected chi connectivity index (χ2v) is 4.92. The van der Waals surface area contributed by atoms with Gasteiger partial charge in [0.05, 0.1) is 6.20 Å². The summed E-state index contributed by atoms with van der Waals surface area (Å²) in [5.74, 6) is 0.513. The molecule has 1 aromatic heterocycles. The Morgan fingerprint density at radius 2 is 2.39 bits per heavy atom. The highest BCUT2D eigenvalue weighted by atomic mass is 35.5. The Hall–Kier alpha value is -1.36. The molecule has 98 valence electrons. The molecule has 0 bridgehead atoms. The van der Waals surface area contributed by atoms with Crippen molar-refractivity contribution in [3.8, 4) is 0 Å². The fraction of sp³-hybridized carbons (Fsp3) is 0.583. The largest absolute Gasteiger partial charge is 0.354 e. The first kappa shape index (κ1) is 13.1. The van der Waals surface area contributed by atoms with Crippen molar-refractivity contribution >= 4 is 29.5 Å². The maximum absolute atomic E-state index is 12.2. The van der Waals surface area contributed by atoms with Crippen LogP contribution in [0.1, 0.15) is 32.3 Å². The molecule has 18 heavy (non-hydrogen) atoms. The summed E-state index contributed by atoms with van der Waals surface area (Å²) < 4.78 is 1.75. The number of carbonyl (C=O) groups excluding carboxylic acids is 1. The van der Waals surface area contributed by atoms with Crippen LogP contribution in [0, 0.1) is 0 Å². The zero-order chi connectivity index (χ0) is 13.2. The summed E-state index contributed by atoms with van der Waals surface area (Å²) in [6.45, 7) is 5.31. The van der Waals surface area contributed by atoms with E-state index < -0.39 is 4.87 Å². The van der Waals surface area contributed by atoms with E-state index in [1.807, 2.05) is 13.8 Å². The van der Waals surface area contributed by atoms with E-state index in [1.54, 1.807) is 17.1 Å². The molecule has 1 amide bonds. The number of hydrogen-bond acceptors (Lipinski definition) is 3. The molecule has 0 spiro atoms. The molecule has 1 atom stereocenters. The first-order valence-corrected chi connectivity index (χ1v) is 6.57. The monoisotopic (exact) mass is 268 g/mol. The number of carbonyl (C=O) groups is 1. The highest BCUT2D eigenvalue weighted by Gasteiger charge is 2.42. The number of hydrogen-bond donors (Lipinski definition) is 1. The van der Waals surface area contributed by atoms with E-state index >= 15 is 0 Å². The quantitative estimate of drug-likeness (QED) is 0.849. The van der Waals surface area contributed by atoms with Crippen molar-refractivity contribution in [1.29, 1.82) is 0 Å². The van der Waals surface area contributed by atoms with Gasteiger partial charge in [0.15, 0.2) is 10.7 Å². The van der Waals surface area contributed by atoms with Crippen molar-refractivity contribution in [2.75, 3.05) is 6.54 Å². The van der Waals surface area contributed by atoms with Crippen molar-refractivity contribution in [1.82, 2.24) is 15.1 Å². The number of nitrogens with one attached hydrogen (secondary N) is 1. The maximum Gasteiger partial charge on any atom is 0.246 e. The molecule has 6 heteroatoms. The number of rotatable bonds is 4. The standard InChI is InChI=1S/C12H17ClN4O/c1-3-6-15-11(18)12(13)5-7-14-10-9(12)8-16-17(10)4-2/h7-8H,3-6H2,1-2H3,(H,15,18). The number of halogens is 1. The van der Waals surface area contributed by atoms with E-state index in [1.165, 1.54) is 0 Å². The highest BCUT2D eigenvalue weighted by molar-refractivity contribution is 6.36. The molecule has 2 rings (SSSR count). The summed E-state index contributed by atoms with van der Waals surface area (Å²) in [5, 5.41) is 7.05. The predicted octanol–water partition coefficient (Wildman–Crippen LogP) is 1.97. The van der Waals surface area contributed by atoms with E-state index in [0.717, 1.165) is 6.42 Å². The van der Waals surface area contributed by atoms with E-state index in [0.29, 0.717) is 30.9 Å². The zero-order valence-corrected chi connectivity index (χ0v) is 11.4. The molecule has 0 fully saturated rings. The van der Waals surface area contributed by atoms with Crippen molar-refractivity contribution < 1.29 is 4.79 Å². The van der Waals surface area contributed by atoms with Crippen LogP contribution in [0.3, 0.4) is 0 Å². The summed E-state index contributed by atoms with van der Waals surface area (Å²) in [7, 11) is 0. The van der Waals surface area contributed by atoms with Crippen molar-refractivity contribution in [2.24, 2.45) is 4.99 Å². The molecule has 2 heterocycles. The molecule has 1 aliphatic heterocycles. The Kier molecular flexibility index (Phi) is 3.71. The Morgan fingerprint density at radius 1 is 1.61 bits per heavy atom. The van der Waals surface area contributed by atoms with Gasteiger partial charge in [0.25, 0.3) is 0 Å². The smallest absolute Gasteiger partial charge is 0.246 e. The van der Waals surface area contributed by atoms with Gasteiger partial charge in [0.1, 0.15) is 0 Å². The van der Waals surface area contributed by atoms with Crippen LogP contribution in [0.15, 0.2) is 11.2 Å². The number of fused-ring (bicyclic) bond motifs is 1. The predicted molar refractivity (Wildman–Crippen MR) is 71.5 cm³/mol. The average molecular weight is 269 g/mol. The summed E-state index contributed by atoms with van der Waals surface area (Å²) in [6.07, 6.45) is 4.61. The van der Waals surface area contributed by atoms with Gasteiger partial charge in [-0.25, -0.2) is 9.67 Å². The lowest BCUT2D eigenvalue weighted by Gasteiger charge is -2.26. The Bertz CT molecular complexity index is 482. The van der Waals surface area contributed by atoms with Crippen LogP contribution in [-0.4, -0.2) is 28.4 Å². The van der Waals surface area contributed by atoms with Gasteiger partial charge in [-0.05, 0) is 13.3 Å². The molecule has 0 aromatic carbocycles. The molecular weight excluding hydrogens is 252 g/mol. The molecule has 1 unspecified atom stereocenters. The van der Waals surface area contributed by atoms with Crippen LogP contribution < -0.4 is 5.32 Å². The molecule has 1 aliphatic rings. The Labute approximate surface area is 111 Å². The van der Waals surface area contributed by atoms with Crippen LogP contribution in [0.25, 0.3) is 0 Å². The highest BCUT2D eigenvalue weighted by Crippen LogP contribution is 2.41. The number of aromatic nitrogens is 2. The lowest BCUT2D eigenvalue weighted by atomic mass is 9.94. The minimum absolute atomic E-state index is 0.172. The Morgan fingerprint density at radius 3 is 3.06 bits per heavy atom. The van der Waals surface area contributed by atoms with Crippen LogP contribution >= 0.6 is 11.6 Å². The second-order valence-electron chi connectivity index (χ2n) is 4.27. The number of alkyl halides is 1. The van der Waals surface area contributed by atoms with Crippen LogP contribution in [-0.2, 0) is 16.2 Å². The minimum atomic E-state index is -1.07. The summed E-state index contributed by atoms with van der Waals surface area (Å²) in [6, 6.07) is 0. The maximum atomic E-state index is 12.2. The van der Waals surface area contributed by atoms with E-state index in [9.17, 15) is 4.79 Å². The number of amides is 1. The third-order valence-corrected chi connectivity index (χ3v) is 3.55. The van der Waals surface area contributed by atoms with E-state index in [4.69, 9.17) is 11.6 Å². The van der Waals surface area contributed by atoms with Gasteiger partial charge >= 0.3 is 0 Å². The van der Waals surface area contributed by atoms with Crippen LogP contribution in [0.2, 0.25) is 0 Å². The molecule has 0 saturated heterocycles. The van der Waals surface area contributed by atoms with Gasteiger partial charge < -0.3 is 5.32 Å². The molecule has 0 saturated carbocycles. The first-order chi connectivity index (χ1) is 8.63. The second kappa shape index (κ2) is 5.10. The first-order valence-electron chi connectivity index (χ1n) is 6.19. The van der Waals surface area contributed by atoms with Crippen molar-refractivity contribution in [3.63, 3.8) is 0 Å². The summed E-state index contributed by atoms with van der Waals surface area (Å²) in [5.41, 5.74) is 0.696. The Balaban J connectivity index is 2.33. The third kappa shape index (κ3) is 2.03. The van der Waals surface area contributed by atoms with Crippen LogP contribution in [0.4, 0.5) is 5.82 Å². The van der Waals surface area contributed by atoms with Crippen LogP contribution in [0.5, 0.6) is 0 Å². The molecule has 1 N–H and O–H groups in total. The van der Waals surface area contributed by atoms with Crippen molar-refractivity contribution in [3.05, 3.63) is 11.8 Å². The zero-order valence-electron chi connectivity index (χ0n) is 10.6. The van der Waals surface area contributed by atoms with E-state index in [-0.39, 0.29) is 5.91 Å². The van der Waals surface area contributed by atoms with Gasteiger partial charge in [0.2, 0.25) is 5.91 Å². The topological polar surface area (TPSA) is 59.3 Å². The number of aryl methyl sites for hydroxylation is 1. The van der Waals surface area contributed by atoms with Gasteiger partial charge in [-0.3, -0.25) is 4.79 Å². The number of nitrogens with zero attached hydrogens (tertiary/aromatic N) is 3. The lowest BCUT2D eigenvalue weighted by Crippen LogP contribution is -2.41. The third-order valence-electron chi connectivity index (χ3n) is 3.02. The van der Waals surface area contributed by atoms with Gasteiger partial charge in [-0.2, -0.15) is 5.10 Å². The molecule has 5 nitrogen and oxygen atoms in total. The van der Waals surface area contributed by atoms with Gasteiger partial charge in [0, 0.05) is 31.3 Å². The molecule has 0 aliphatic carbocycles. The molecule has 0 radical (unpaired) electrons. The number of aliphatic imine (C=N–C) groups is 1. The molecule has 1 aromatic rings. The van der Waals surface area contributed by atoms with Crippen molar-refractivity contribution in [2.45, 2.75) is 38.1 Å². The van der Waals surface area contributed by atoms with Gasteiger partial charge in [-0.1, -0.05) is 6.92 Å². The van der Waals surface area contributed by atoms with Gasteiger partial charge in [-0.15, -0.1) is 11.6 Å². The minimum Gasteiger partial charge on any atom is -0.354 e. The summed E-state index contributed by atoms with van der Waals surface area (Å²) in [4.78, 5) is 15.4. The fourth-order valence-corrected chi connectivity index (χ4v) is 2.26. The molecular formula is C12H17ClN4O. The SMILES string of the molecule is CCCNC(=O)C1(Cl)CC=Nc2c1cnn2CC. The summed E-state index contributed by atoms with van der Waals surface area (Å²) >= 11 is 6.51. The fourth-order valence-electron chi connectivity index (χ4n) is 1.99. The average Bonchev–Trinajstić information content (AvgIpc) is 2.80. The lowest BCUT2D eigenvalue weighted by molar-refractivity contribution is -0.123.